The monoisotopic (exact) mass is 1540 g/mol. The quantitative estimate of drug-likeness (QED) is 0.0167. The van der Waals surface area contributed by atoms with Crippen LogP contribution in [0.2, 0.25) is 0 Å². The second kappa shape index (κ2) is 55.6. The molecule has 4 fully saturated rings. The predicted octanol–water partition coefficient (Wildman–Crippen LogP) is 19.1. The van der Waals surface area contributed by atoms with Crippen molar-refractivity contribution in [3.8, 4) is 0 Å². The van der Waals surface area contributed by atoms with Crippen LogP contribution in [0.1, 0.15) is 40.5 Å². The standard InChI is InChI=1S/C14H28S8.C13H26S8.C10H20S6.C9H18S6/c1-14(21-5-2-6-22-14)13(19-11-9-17-7-3-15)20-12-10-18-8-4-16;1-13(20-10-11-21-13)12(18-8-6-16-4-2-14)19-9-7-17-5-3-15;1-10(15-5-2-6-16-10)9(13-7-3-11)14-8-4-12;1-9(14-6-7-15-9)8(12-4-2-10)13-5-3-11/h13,15-16H,2-12H2,1H3;12,14-15H,2-11H2,1H3;9,11-12H,2-8H2,1H3;8,10-11H,2-7H2,1H3. The summed E-state index contributed by atoms with van der Waals surface area (Å²) >= 11 is 76.8. The summed E-state index contributed by atoms with van der Waals surface area (Å²) in [5.41, 5.74) is 0. The average Bonchev–Trinajstić information content (AvgIpc) is 4.07. The van der Waals surface area contributed by atoms with Crippen molar-refractivity contribution in [1.29, 1.82) is 0 Å². The molecule has 0 spiro atoms. The van der Waals surface area contributed by atoms with Gasteiger partial charge in [-0.25, -0.2) is 0 Å². The molecular formula is C46H92S28. The Balaban J connectivity index is 0.000000499. The molecule has 0 aliphatic carbocycles. The molecule has 0 bridgehead atoms. The highest BCUT2D eigenvalue weighted by molar-refractivity contribution is 8.28. The van der Waals surface area contributed by atoms with Crippen LogP contribution in [-0.2, 0) is 0 Å². The van der Waals surface area contributed by atoms with Gasteiger partial charge in [0.25, 0.3) is 0 Å². The maximum Gasteiger partial charge on any atom is 0.0792 e. The van der Waals surface area contributed by atoms with Crippen LogP contribution in [0, 0.1) is 0 Å². The number of rotatable bonds is 40. The van der Waals surface area contributed by atoms with Crippen LogP contribution in [0.5, 0.6) is 0 Å². The van der Waals surface area contributed by atoms with Crippen molar-refractivity contribution >= 4 is 336 Å². The Hall–Kier alpha value is 9.80. The summed E-state index contributed by atoms with van der Waals surface area (Å²) in [6.45, 7) is 9.76. The van der Waals surface area contributed by atoms with Crippen molar-refractivity contribution in [2.75, 3.05) is 184 Å². The van der Waals surface area contributed by atoms with E-state index in [4.69, 9.17) is 0 Å². The highest BCUT2D eigenvalue weighted by Crippen LogP contribution is 2.56. The highest BCUT2D eigenvalue weighted by atomic mass is 32.2. The van der Waals surface area contributed by atoms with E-state index in [1.807, 2.05) is 47.0 Å². The zero-order valence-electron chi connectivity index (χ0n) is 44.1. The first-order chi connectivity index (χ1) is 35.9. The highest BCUT2D eigenvalue weighted by Gasteiger charge is 2.41. The van der Waals surface area contributed by atoms with Crippen molar-refractivity contribution in [1.82, 2.24) is 0 Å². The third kappa shape index (κ3) is 39.8. The third-order valence-corrected chi connectivity index (χ3v) is 47.9. The Bertz CT molecular complexity index is 1160. The summed E-state index contributed by atoms with van der Waals surface area (Å²) in [5, 5.41) is 0. The summed E-state index contributed by atoms with van der Waals surface area (Å²) in [4.78, 5) is 0. The zero-order chi connectivity index (χ0) is 54.5. The van der Waals surface area contributed by atoms with Crippen molar-refractivity contribution in [3.63, 3.8) is 0 Å². The molecule has 0 aromatic carbocycles. The summed E-state index contributed by atoms with van der Waals surface area (Å²) < 4.78 is 4.42. The molecule has 28 heteroatoms. The van der Waals surface area contributed by atoms with Crippen LogP contribution in [0.25, 0.3) is 0 Å². The first-order valence-electron chi connectivity index (χ1n) is 25.1. The molecule has 0 aromatic rings. The second-order valence-corrected chi connectivity index (χ2v) is 48.9. The molecule has 444 valence electrons. The van der Waals surface area contributed by atoms with Gasteiger partial charge in [-0.3, -0.25) is 0 Å². The maximum atomic E-state index is 4.32. The van der Waals surface area contributed by atoms with Crippen LogP contribution in [0.4, 0.5) is 0 Å². The molecule has 0 nitrogen and oxygen atoms in total. The topological polar surface area (TPSA) is 0 Å². The number of thioether (sulfide) groups is 20. The van der Waals surface area contributed by atoms with Crippen molar-refractivity contribution in [2.45, 2.75) is 75.2 Å². The lowest BCUT2D eigenvalue weighted by Crippen LogP contribution is -2.32. The molecule has 0 saturated carbocycles. The number of hydrogen-bond donors (Lipinski definition) is 8. The minimum absolute atomic E-state index is 0.388. The van der Waals surface area contributed by atoms with Crippen LogP contribution < -0.4 is 0 Å². The normalized spacial score (nSPS) is 18.8. The first kappa shape index (κ1) is 81.8. The van der Waals surface area contributed by atoms with Gasteiger partial charge >= 0.3 is 0 Å². The Kier molecular flexibility index (Phi) is 61.5. The van der Waals surface area contributed by atoms with Crippen molar-refractivity contribution < 1.29 is 0 Å². The fourth-order valence-electron chi connectivity index (χ4n) is 6.47. The minimum atomic E-state index is 0.388. The number of thiol groups is 8. The van der Waals surface area contributed by atoms with E-state index in [1.54, 1.807) is 0 Å². The Morgan fingerprint density at radius 3 is 0.622 bits per heavy atom. The lowest BCUT2D eigenvalue weighted by Gasteiger charge is -2.38. The van der Waals surface area contributed by atoms with E-state index in [0.29, 0.717) is 25.5 Å². The van der Waals surface area contributed by atoms with E-state index in [1.165, 1.54) is 128 Å². The van der Waals surface area contributed by atoms with Gasteiger partial charge in [0.1, 0.15) is 0 Å². The van der Waals surface area contributed by atoms with Crippen LogP contribution in [0.15, 0.2) is 0 Å². The summed E-state index contributed by atoms with van der Waals surface area (Å²) in [6, 6.07) is 0. The molecule has 0 unspecified atom stereocenters. The van der Waals surface area contributed by atoms with Gasteiger partial charge in [0.2, 0.25) is 0 Å². The van der Waals surface area contributed by atoms with Gasteiger partial charge in [-0.05, 0) is 110 Å². The lowest BCUT2D eigenvalue weighted by molar-refractivity contribution is 0.957. The van der Waals surface area contributed by atoms with E-state index in [0.717, 1.165) is 78.2 Å². The Labute approximate surface area is 586 Å². The zero-order valence-corrected chi connectivity index (χ0v) is 67.6. The largest absolute Gasteiger partial charge is 0.179 e. The summed E-state index contributed by atoms with van der Waals surface area (Å²) in [5.74, 6) is 38.0. The van der Waals surface area contributed by atoms with Crippen molar-refractivity contribution in [2.24, 2.45) is 0 Å². The van der Waals surface area contributed by atoms with Crippen LogP contribution >= 0.6 is 336 Å². The molecular weight excluding hydrogens is 1450 g/mol. The average molecular weight is 1540 g/mol. The van der Waals surface area contributed by atoms with Gasteiger partial charge in [-0.15, -0.1) is 188 Å². The summed E-state index contributed by atoms with van der Waals surface area (Å²) in [7, 11) is 0. The second-order valence-electron chi connectivity index (χ2n) is 16.1. The lowest BCUT2D eigenvalue weighted by atomic mass is 10.5. The molecule has 4 rings (SSSR count). The van der Waals surface area contributed by atoms with Crippen molar-refractivity contribution in [3.05, 3.63) is 0 Å². The van der Waals surface area contributed by atoms with Gasteiger partial charge in [0.05, 0.1) is 34.6 Å². The van der Waals surface area contributed by atoms with Gasteiger partial charge in [-0.1, -0.05) is 0 Å². The molecule has 0 aromatic heterocycles. The fraction of sp³-hybridized carbons (Fsp3) is 1.00. The molecule has 0 N–H and O–H groups in total. The molecule has 0 radical (unpaired) electrons. The van der Waals surface area contributed by atoms with Crippen LogP contribution in [0.3, 0.4) is 0 Å². The fourth-order valence-corrected chi connectivity index (χ4v) is 39.5. The van der Waals surface area contributed by atoms with E-state index < -0.39 is 0 Å². The maximum absolute atomic E-state index is 4.32. The molecule has 4 heterocycles. The molecule has 4 saturated heterocycles. The van der Waals surface area contributed by atoms with E-state index in [9.17, 15) is 0 Å². The SMILES string of the molecule is CC1(C(SCCS)SCCS)SCCCS1.CC1(C(SCCS)SCCS)SCCS1.CC1(C(SCCSCCS)SCCSCCS)SCCCS1.CC1(C(SCCSCCS)SCCSCCS)SCCS1. The summed E-state index contributed by atoms with van der Waals surface area (Å²) in [6.07, 6.45) is 2.74. The van der Waals surface area contributed by atoms with Gasteiger partial charge in [0, 0.05) is 115 Å². The van der Waals surface area contributed by atoms with E-state index in [2.05, 4.69) is 317 Å². The molecule has 0 atom stereocenters. The number of hydrogen-bond acceptors (Lipinski definition) is 28. The van der Waals surface area contributed by atoms with Gasteiger partial charge < -0.3 is 0 Å². The van der Waals surface area contributed by atoms with Gasteiger partial charge in [-0.2, -0.15) is 148 Å². The molecule has 74 heavy (non-hydrogen) atoms. The first-order valence-corrected chi connectivity index (χ1v) is 51.1. The molecule has 4 aliphatic rings. The van der Waals surface area contributed by atoms with Crippen LogP contribution in [-0.4, -0.2) is 219 Å². The Morgan fingerprint density at radius 2 is 0.432 bits per heavy atom. The minimum Gasteiger partial charge on any atom is -0.179 e. The smallest absolute Gasteiger partial charge is 0.0792 e. The predicted molar refractivity (Wildman–Crippen MR) is 437 cm³/mol. The molecule has 0 amide bonds. The molecule has 4 aliphatic heterocycles. The van der Waals surface area contributed by atoms with E-state index in [-0.39, 0.29) is 0 Å². The Morgan fingerprint density at radius 1 is 0.257 bits per heavy atom. The third-order valence-electron chi connectivity index (χ3n) is 9.94. The van der Waals surface area contributed by atoms with Gasteiger partial charge in [0.15, 0.2) is 0 Å². The van der Waals surface area contributed by atoms with E-state index >= 15 is 0 Å².